The number of amides is 1. The number of hydrogen-bond donors (Lipinski definition) is 2. The van der Waals surface area contributed by atoms with Crippen molar-refractivity contribution in [2.24, 2.45) is 0 Å². The molecule has 0 aromatic rings. The van der Waals surface area contributed by atoms with Crippen LogP contribution < -0.4 is 5.32 Å². The van der Waals surface area contributed by atoms with Crippen LogP contribution in [0.4, 0.5) is 0 Å². The molecule has 0 radical (unpaired) electrons. The monoisotopic (exact) mass is 298 g/mol. The smallest absolute Gasteiger partial charge is 0.320 e. The van der Waals surface area contributed by atoms with Gasteiger partial charge >= 0.3 is 5.97 Å². The van der Waals surface area contributed by atoms with Crippen LogP contribution in [-0.4, -0.2) is 59.8 Å². The summed E-state index contributed by atoms with van der Waals surface area (Å²) in [6.45, 7) is 3.24. The summed E-state index contributed by atoms with van der Waals surface area (Å²) >= 11 is 0. The molecule has 1 saturated carbocycles. The molecule has 6 heteroatoms. The van der Waals surface area contributed by atoms with Gasteiger partial charge in [-0.2, -0.15) is 0 Å². The predicted molar refractivity (Wildman–Crippen MR) is 78.0 cm³/mol. The van der Waals surface area contributed by atoms with Gasteiger partial charge in [0.05, 0.1) is 25.3 Å². The van der Waals surface area contributed by atoms with Crippen molar-refractivity contribution in [3.63, 3.8) is 0 Å². The van der Waals surface area contributed by atoms with E-state index in [1.165, 1.54) is 6.42 Å². The molecule has 1 aliphatic heterocycles. The minimum Gasteiger partial charge on any atom is -0.480 e. The van der Waals surface area contributed by atoms with Crippen LogP contribution in [-0.2, 0) is 14.3 Å². The van der Waals surface area contributed by atoms with Crippen molar-refractivity contribution >= 4 is 11.9 Å². The standard InChI is InChI=1S/C15H26N2O4/c1-2-5-11(15(19)20)16-10-14(18)17-8-9-21-13-7-4-3-6-12(13)17/h11-13,16H,2-10H2,1H3,(H,19,20). The lowest BCUT2D eigenvalue weighted by Crippen LogP contribution is -2.57. The minimum absolute atomic E-state index is 0.00227. The molecule has 0 spiro atoms. The molecule has 2 fully saturated rings. The third-order valence-electron chi connectivity index (χ3n) is 4.43. The molecule has 0 aromatic carbocycles. The van der Waals surface area contributed by atoms with Crippen molar-refractivity contribution in [3.8, 4) is 0 Å². The number of carboxylic acids is 1. The summed E-state index contributed by atoms with van der Waals surface area (Å²) in [5.74, 6) is -0.889. The molecule has 21 heavy (non-hydrogen) atoms. The van der Waals surface area contributed by atoms with Gasteiger partial charge in [-0.1, -0.05) is 26.2 Å². The summed E-state index contributed by atoms with van der Waals surface area (Å²) in [5, 5.41) is 12.0. The molecule has 0 aromatic heterocycles. The van der Waals surface area contributed by atoms with E-state index in [2.05, 4.69) is 5.32 Å². The number of fused-ring (bicyclic) bond motifs is 1. The molecule has 2 rings (SSSR count). The van der Waals surface area contributed by atoms with E-state index in [1.54, 1.807) is 0 Å². The van der Waals surface area contributed by atoms with Gasteiger partial charge in [-0.15, -0.1) is 0 Å². The van der Waals surface area contributed by atoms with Crippen LogP contribution in [0.15, 0.2) is 0 Å². The third-order valence-corrected chi connectivity index (χ3v) is 4.43. The summed E-state index contributed by atoms with van der Waals surface area (Å²) in [5.41, 5.74) is 0. The molecule has 0 bridgehead atoms. The van der Waals surface area contributed by atoms with E-state index in [4.69, 9.17) is 9.84 Å². The van der Waals surface area contributed by atoms with Crippen LogP contribution >= 0.6 is 0 Å². The molecule has 2 aliphatic rings. The highest BCUT2D eigenvalue weighted by Gasteiger charge is 2.36. The lowest BCUT2D eigenvalue weighted by molar-refractivity contribution is -0.149. The number of rotatable bonds is 6. The average molecular weight is 298 g/mol. The fourth-order valence-electron chi connectivity index (χ4n) is 3.32. The highest BCUT2D eigenvalue weighted by Crippen LogP contribution is 2.28. The van der Waals surface area contributed by atoms with Crippen molar-refractivity contribution in [2.45, 2.75) is 63.6 Å². The number of ether oxygens (including phenoxy) is 1. The Bertz CT molecular complexity index is 373. The van der Waals surface area contributed by atoms with Crippen molar-refractivity contribution in [1.29, 1.82) is 0 Å². The summed E-state index contributed by atoms with van der Waals surface area (Å²) in [7, 11) is 0. The van der Waals surface area contributed by atoms with Gasteiger partial charge < -0.3 is 14.7 Å². The Labute approximate surface area is 125 Å². The molecule has 1 aliphatic carbocycles. The maximum Gasteiger partial charge on any atom is 0.320 e. The van der Waals surface area contributed by atoms with Crippen molar-refractivity contribution in [3.05, 3.63) is 0 Å². The summed E-state index contributed by atoms with van der Waals surface area (Å²) < 4.78 is 5.76. The van der Waals surface area contributed by atoms with E-state index in [9.17, 15) is 9.59 Å². The second kappa shape index (κ2) is 7.75. The first-order chi connectivity index (χ1) is 10.1. The lowest BCUT2D eigenvalue weighted by Gasteiger charge is -2.44. The van der Waals surface area contributed by atoms with E-state index in [-0.39, 0.29) is 24.6 Å². The highest BCUT2D eigenvalue weighted by molar-refractivity contribution is 5.80. The van der Waals surface area contributed by atoms with Crippen LogP contribution in [0.25, 0.3) is 0 Å². The minimum atomic E-state index is -0.887. The number of morpholine rings is 1. The van der Waals surface area contributed by atoms with Gasteiger partial charge in [0.25, 0.3) is 0 Å². The molecule has 3 atom stereocenters. The quantitative estimate of drug-likeness (QED) is 0.765. The number of carboxylic acid groups (broad SMARTS) is 1. The first-order valence-electron chi connectivity index (χ1n) is 8.00. The van der Waals surface area contributed by atoms with E-state index in [0.717, 1.165) is 25.7 Å². The average Bonchev–Trinajstić information content (AvgIpc) is 2.50. The Morgan fingerprint density at radius 1 is 1.38 bits per heavy atom. The van der Waals surface area contributed by atoms with Crippen LogP contribution in [0, 0.1) is 0 Å². The summed E-state index contributed by atoms with van der Waals surface area (Å²) in [6, 6.07) is -0.460. The van der Waals surface area contributed by atoms with E-state index < -0.39 is 12.0 Å². The first-order valence-corrected chi connectivity index (χ1v) is 8.00. The van der Waals surface area contributed by atoms with Gasteiger partial charge in [-0.3, -0.25) is 14.9 Å². The second-order valence-electron chi connectivity index (χ2n) is 5.91. The fraction of sp³-hybridized carbons (Fsp3) is 0.867. The molecule has 1 amide bonds. The first kappa shape index (κ1) is 16.2. The molecule has 1 saturated heterocycles. The van der Waals surface area contributed by atoms with Gasteiger partial charge in [-0.25, -0.2) is 0 Å². The topological polar surface area (TPSA) is 78.9 Å². The van der Waals surface area contributed by atoms with Crippen LogP contribution in [0.1, 0.15) is 45.4 Å². The van der Waals surface area contributed by atoms with Gasteiger partial charge in [0.2, 0.25) is 5.91 Å². The van der Waals surface area contributed by atoms with Crippen molar-refractivity contribution < 1.29 is 19.4 Å². The molecule has 6 nitrogen and oxygen atoms in total. The number of hydrogen-bond acceptors (Lipinski definition) is 4. The Morgan fingerprint density at radius 3 is 2.86 bits per heavy atom. The SMILES string of the molecule is CCCC(NCC(=O)N1CCOC2CCCCC21)C(=O)O. The predicted octanol–water partition coefficient (Wildman–Crippen LogP) is 0.999. The number of carbonyl (C=O) groups is 2. The van der Waals surface area contributed by atoms with Gasteiger partial charge in [0.15, 0.2) is 0 Å². The Kier molecular flexibility index (Phi) is 5.99. The maximum absolute atomic E-state index is 12.4. The second-order valence-corrected chi connectivity index (χ2v) is 5.91. The number of carbonyl (C=O) groups excluding carboxylic acids is 1. The van der Waals surface area contributed by atoms with Gasteiger partial charge in [-0.05, 0) is 19.3 Å². The van der Waals surface area contributed by atoms with E-state index >= 15 is 0 Å². The number of nitrogens with zero attached hydrogens (tertiary/aromatic N) is 1. The zero-order valence-electron chi connectivity index (χ0n) is 12.7. The normalized spacial score (nSPS) is 27.0. The van der Waals surface area contributed by atoms with Crippen LogP contribution in [0.2, 0.25) is 0 Å². The Balaban J connectivity index is 1.88. The number of nitrogens with one attached hydrogen (secondary N) is 1. The fourth-order valence-corrected chi connectivity index (χ4v) is 3.32. The zero-order chi connectivity index (χ0) is 15.2. The molecule has 120 valence electrons. The molecule has 3 unspecified atom stereocenters. The third kappa shape index (κ3) is 4.17. The van der Waals surface area contributed by atoms with Crippen LogP contribution in [0.5, 0.6) is 0 Å². The molecular formula is C15H26N2O4. The van der Waals surface area contributed by atoms with Gasteiger partial charge in [0, 0.05) is 6.54 Å². The molecule has 1 heterocycles. The summed E-state index contributed by atoms with van der Waals surface area (Å²) in [6.07, 6.45) is 5.80. The highest BCUT2D eigenvalue weighted by atomic mass is 16.5. The Hall–Kier alpha value is -1.14. The largest absolute Gasteiger partial charge is 0.480 e. The van der Waals surface area contributed by atoms with Crippen LogP contribution in [0.3, 0.4) is 0 Å². The summed E-state index contributed by atoms with van der Waals surface area (Å²) in [4.78, 5) is 25.4. The van der Waals surface area contributed by atoms with E-state index in [0.29, 0.717) is 19.6 Å². The van der Waals surface area contributed by atoms with E-state index in [1.807, 2.05) is 11.8 Å². The number of aliphatic carboxylic acids is 1. The van der Waals surface area contributed by atoms with Crippen molar-refractivity contribution in [1.82, 2.24) is 10.2 Å². The Morgan fingerprint density at radius 2 is 2.14 bits per heavy atom. The lowest BCUT2D eigenvalue weighted by atomic mass is 9.90. The zero-order valence-corrected chi connectivity index (χ0v) is 12.7. The van der Waals surface area contributed by atoms with Crippen molar-refractivity contribution in [2.75, 3.05) is 19.7 Å². The molecular weight excluding hydrogens is 272 g/mol. The van der Waals surface area contributed by atoms with Gasteiger partial charge in [0.1, 0.15) is 6.04 Å². The molecule has 2 N–H and O–H groups in total. The maximum atomic E-state index is 12.4.